The molecule has 2 aromatic rings. The van der Waals surface area contributed by atoms with Crippen molar-refractivity contribution in [2.45, 2.75) is 18.9 Å². The Bertz CT molecular complexity index is 663. The molecule has 3 rings (SSSR count). The maximum absolute atomic E-state index is 13.0. The normalized spacial score (nSPS) is 18.6. The number of methoxy groups -OCH3 is 1. The molecule has 6 heteroatoms. The van der Waals surface area contributed by atoms with Crippen LogP contribution in [-0.4, -0.2) is 37.6 Å². The van der Waals surface area contributed by atoms with Crippen LogP contribution >= 0.6 is 23.7 Å². The summed E-state index contributed by atoms with van der Waals surface area (Å²) in [4.78, 5) is 16.2. The number of thiophene rings is 1. The Morgan fingerprint density at radius 1 is 1.33 bits per heavy atom. The predicted octanol–water partition coefficient (Wildman–Crippen LogP) is 3.46. The van der Waals surface area contributed by atoms with Crippen LogP contribution in [0.5, 0.6) is 5.75 Å². The smallest absolute Gasteiger partial charge is 0.231 e. The molecule has 0 spiro atoms. The molecule has 1 fully saturated rings. The van der Waals surface area contributed by atoms with E-state index < -0.39 is 0 Å². The zero-order chi connectivity index (χ0) is 16.2. The number of piperazine rings is 1. The maximum Gasteiger partial charge on any atom is 0.231 e. The summed E-state index contributed by atoms with van der Waals surface area (Å²) in [5.74, 6) is 0.915. The van der Waals surface area contributed by atoms with E-state index in [0.29, 0.717) is 0 Å². The molecule has 0 saturated carbocycles. The lowest BCUT2D eigenvalue weighted by atomic mass is 9.99. The summed E-state index contributed by atoms with van der Waals surface area (Å²) < 4.78 is 5.50. The van der Waals surface area contributed by atoms with Gasteiger partial charge in [0, 0.05) is 30.1 Å². The molecule has 1 N–H and O–H groups in total. The molecule has 0 radical (unpaired) electrons. The van der Waals surface area contributed by atoms with Crippen molar-refractivity contribution >= 4 is 29.7 Å². The SMILES string of the molecule is COc1ccccc1C1CNCCN1C(=O)C(C)c1cccs1.Cl. The second-order valence-electron chi connectivity index (χ2n) is 5.73. The topological polar surface area (TPSA) is 41.6 Å². The molecule has 1 aliphatic heterocycles. The molecular formula is C18H23ClN2O2S. The number of benzene rings is 1. The van der Waals surface area contributed by atoms with Crippen LogP contribution in [0.1, 0.15) is 29.3 Å². The first-order valence-electron chi connectivity index (χ1n) is 7.90. The van der Waals surface area contributed by atoms with Crippen molar-refractivity contribution in [2.24, 2.45) is 0 Å². The molecule has 1 aliphatic rings. The Labute approximate surface area is 153 Å². The number of halogens is 1. The molecule has 2 unspecified atom stereocenters. The zero-order valence-electron chi connectivity index (χ0n) is 13.9. The summed E-state index contributed by atoms with van der Waals surface area (Å²) in [6, 6.07) is 12.0. The zero-order valence-corrected chi connectivity index (χ0v) is 15.5. The summed E-state index contributed by atoms with van der Waals surface area (Å²) >= 11 is 1.64. The van der Waals surface area contributed by atoms with Gasteiger partial charge in [0.2, 0.25) is 5.91 Å². The van der Waals surface area contributed by atoms with Gasteiger partial charge in [-0.2, -0.15) is 0 Å². The fraction of sp³-hybridized carbons (Fsp3) is 0.389. The Morgan fingerprint density at radius 2 is 2.12 bits per heavy atom. The van der Waals surface area contributed by atoms with E-state index in [0.717, 1.165) is 35.8 Å². The molecule has 24 heavy (non-hydrogen) atoms. The summed E-state index contributed by atoms with van der Waals surface area (Å²) in [7, 11) is 1.68. The summed E-state index contributed by atoms with van der Waals surface area (Å²) in [5.41, 5.74) is 1.06. The lowest BCUT2D eigenvalue weighted by Gasteiger charge is -2.38. The minimum absolute atomic E-state index is 0. The van der Waals surface area contributed by atoms with Gasteiger partial charge in [0.1, 0.15) is 5.75 Å². The molecule has 1 aromatic heterocycles. The third kappa shape index (κ3) is 3.74. The van der Waals surface area contributed by atoms with Gasteiger partial charge in [0.15, 0.2) is 0 Å². The van der Waals surface area contributed by atoms with E-state index in [1.807, 2.05) is 53.6 Å². The lowest BCUT2D eigenvalue weighted by Crippen LogP contribution is -2.49. The summed E-state index contributed by atoms with van der Waals surface area (Å²) in [5, 5.41) is 5.42. The number of nitrogens with one attached hydrogen (secondary N) is 1. The highest BCUT2D eigenvalue weighted by Crippen LogP contribution is 2.33. The molecule has 1 saturated heterocycles. The third-order valence-electron chi connectivity index (χ3n) is 4.36. The monoisotopic (exact) mass is 366 g/mol. The first kappa shape index (κ1) is 18.8. The number of ether oxygens (including phenoxy) is 1. The van der Waals surface area contributed by atoms with Crippen molar-refractivity contribution in [3.63, 3.8) is 0 Å². The lowest BCUT2D eigenvalue weighted by molar-refractivity contribution is -0.135. The van der Waals surface area contributed by atoms with E-state index >= 15 is 0 Å². The number of amides is 1. The van der Waals surface area contributed by atoms with Gasteiger partial charge in [-0.15, -0.1) is 23.7 Å². The largest absolute Gasteiger partial charge is 0.496 e. The molecule has 1 amide bonds. The first-order valence-corrected chi connectivity index (χ1v) is 8.78. The highest BCUT2D eigenvalue weighted by atomic mass is 35.5. The second-order valence-corrected chi connectivity index (χ2v) is 6.71. The Kier molecular flexibility index (Phi) is 6.66. The molecule has 2 atom stereocenters. The van der Waals surface area contributed by atoms with Gasteiger partial charge in [-0.05, 0) is 24.4 Å². The van der Waals surface area contributed by atoms with Crippen molar-refractivity contribution in [3.05, 3.63) is 52.2 Å². The van der Waals surface area contributed by atoms with Crippen LogP contribution in [-0.2, 0) is 4.79 Å². The van der Waals surface area contributed by atoms with Crippen LogP contribution in [0.3, 0.4) is 0 Å². The quantitative estimate of drug-likeness (QED) is 0.901. The number of hydrogen-bond donors (Lipinski definition) is 1. The Morgan fingerprint density at radius 3 is 2.83 bits per heavy atom. The number of hydrogen-bond acceptors (Lipinski definition) is 4. The van der Waals surface area contributed by atoms with Gasteiger partial charge in [0.25, 0.3) is 0 Å². The fourth-order valence-corrected chi connectivity index (χ4v) is 3.87. The predicted molar refractivity (Wildman–Crippen MR) is 100 cm³/mol. The van der Waals surface area contributed by atoms with E-state index in [1.54, 1.807) is 18.4 Å². The molecule has 1 aromatic carbocycles. The van der Waals surface area contributed by atoms with Crippen molar-refractivity contribution in [1.82, 2.24) is 10.2 Å². The number of carbonyl (C=O) groups excluding carboxylic acids is 1. The van der Waals surface area contributed by atoms with Gasteiger partial charge < -0.3 is 15.0 Å². The molecule has 130 valence electrons. The molecule has 0 aliphatic carbocycles. The number of nitrogens with zero attached hydrogens (tertiary/aromatic N) is 1. The van der Waals surface area contributed by atoms with Gasteiger partial charge >= 0.3 is 0 Å². The highest BCUT2D eigenvalue weighted by molar-refractivity contribution is 7.10. The van der Waals surface area contributed by atoms with E-state index in [2.05, 4.69) is 5.32 Å². The van der Waals surface area contributed by atoms with Crippen LogP contribution in [0.2, 0.25) is 0 Å². The summed E-state index contributed by atoms with van der Waals surface area (Å²) in [6.07, 6.45) is 0. The minimum Gasteiger partial charge on any atom is -0.496 e. The summed E-state index contributed by atoms with van der Waals surface area (Å²) in [6.45, 7) is 4.30. The first-order chi connectivity index (χ1) is 11.2. The van der Waals surface area contributed by atoms with Crippen molar-refractivity contribution < 1.29 is 9.53 Å². The average Bonchev–Trinajstić information content (AvgIpc) is 3.15. The third-order valence-corrected chi connectivity index (χ3v) is 5.42. The number of carbonyl (C=O) groups is 1. The van der Waals surface area contributed by atoms with Crippen LogP contribution in [0, 0.1) is 0 Å². The van der Waals surface area contributed by atoms with Gasteiger partial charge in [-0.25, -0.2) is 0 Å². The fourth-order valence-electron chi connectivity index (χ4n) is 3.10. The van der Waals surface area contributed by atoms with E-state index in [-0.39, 0.29) is 30.3 Å². The van der Waals surface area contributed by atoms with E-state index in [1.165, 1.54) is 0 Å². The van der Waals surface area contributed by atoms with Crippen LogP contribution in [0.25, 0.3) is 0 Å². The van der Waals surface area contributed by atoms with Crippen LogP contribution < -0.4 is 10.1 Å². The van der Waals surface area contributed by atoms with Gasteiger partial charge in [0.05, 0.1) is 19.1 Å². The van der Waals surface area contributed by atoms with E-state index in [9.17, 15) is 4.79 Å². The van der Waals surface area contributed by atoms with Crippen LogP contribution in [0.15, 0.2) is 41.8 Å². The maximum atomic E-state index is 13.0. The molecule has 4 nitrogen and oxygen atoms in total. The standard InChI is InChI=1S/C18H22N2O2S.ClH/c1-13(17-8-5-11-23-17)18(21)20-10-9-19-12-15(20)14-6-3-4-7-16(14)22-2;/h3-8,11,13,15,19H,9-10,12H2,1-2H3;1H. The minimum atomic E-state index is -0.106. The van der Waals surface area contributed by atoms with Gasteiger partial charge in [-0.3, -0.25) is 4.79 Å². The Hall–Kier alpha value is -1.56. The van der Waals surface area contributed by atoms with Crippen LogP contribution in [0.4, 0.5) is 0 Å². The number of rotatable bonds is 4. The highest BCUT2D eigenvalue weighted by Gasteiger charge is 2.32. The van der Waals surface area contributed by atoms with Gasteiger partial charge in [-0.1, -0.05) is 24.3 Å². The Balaban J connectivity index is 0.00000208. The van der Waals surface area contributed by atoms with Crippen molar-refractivity contribution in [2.75, 3.05) is 26.7 Å². The molecule has 0 bridgehead atoms. The second kappa shape index (κ2) is 8.51. The van der Waals surface area contributed by atoms with Crippen molar-refractivity contribution in [3.8, 4) is 5.75 Å². The molecular weight excluding hydrogens is 344 g/mol. The van der Waals surface area contributed by atoms with Crippen molar-refractivity contribution in [1.29, 1.82) is 0 Å². The average molecular weight is 367 g/mol. The molecule has 2 heterocycles. The van der Waals surface area contributed by atoms with E-state index in [4.69, 9.17) is 4.74 Å². The number of para-hydroxylation sites is 1.